The first-order valence-corrected chi connectivity index (χ1v) is 6.07. The molecule has 0 saturated heterocycles. The number of hydrogen-bond acceptors (Lipinski definition) is 3. The van der Waals surface area contributed by atoms with E-state index in [0.29, 0.717) is 0 Å². The SMILES string of the molecule is COc1ccc(OC)c(-c2cccc(C)c2OC)c1. The molecule has 0 amide bonds. The Bertz CT molecular complexity index is 576. The summed E-state index contributed by atoms with van der Waals surface area (Å²) in [5, 5.41) is 0. The van der Waals surface area contributed by atoms with Crippen molar-refractivity contribution in [3.8, 4) is 28.4 Å². The summed E-state index contributed by atoms with van der Waals surface area (Å²) in [6.45, 7) is 2.02. The Balaban J connectivity index is 2.66. The lowest BCUT2D eigenvalue weighted by Gasteiger charge is -2.15. The lowest BCUT2D eigenvalue weighted by Crippen LogP contribution is -1.94. The van der Waals surface area contributed by atoms with Gasteiger partial charge < -0.3 is 14.2 Å². The maximum absolute atomic E-state index is 5.51. The van der Waals surface area contributed by atoms with Crippen LogP contribution >= 0.6 is 0 Å². The van der Waals surface area contributed by atoms with Crippen molar-refractivity contribution in [2.75, 3.05) is 21.3 Å². The molecule has 0 fully saturated rings. The summed E-state index contributed by atoms with van der Waals surface area (Å²) < 4.78 is 16.2. The zero-order valence-corrected chi connectivity index (χ0v) is 11.7. The van der Waals surface area contributed by atoms with Crippen LogP contribution in [0.15, 0.2) is 36.4 Å². The van der Waals surface area contributed by atoms with Crippen LogP contribution < -0.4 is 14.2 Å². The van der Waals surface area contributed by atoms with Crippen molar-refractivity contribution in [3.05, 3.63) is 42.0 Å². The van der Waals surface area contributed by atoms with Gasteiger partial charge in [0.15, 0.2) is 0 Å². The van der Waals surface area contributed by atoms with E-state index in [1.165, 1.54) is 0 Å². The molecule has 0 atom stereocenters. The minimum atomic E-state index is 0.791. The van der Waals surface area contributed by atoms with Crippen molar-refractivity contribution in [2.24, 2.45) is 0 Å². The molecule has 19 heavy (non-hydrogen) atoms. The van der Waals surface area contributed by atoms with Crippen LogP contribution in [0.4, 0.5) is 0 Å². The van der Waals surface area contributed by atoms with Gasteiger partial charge in [-0.15, -0.1) is 0 Å². The molecule has 0 N–H and O–H groups in total. The highest BCUT2D eigenvalue weighted by Crippen LogP contribution is 2.39. The molecule has 2 rings (SSSR count). The summed E-state index contributed by atoms with van der Waals surface area (Å²) in [6.07, 6.45) is 0. The standard InChI is InChI=1S/C16H18O3/c1-11-6-5-7-13(16(11)19-4)14-10-12(17-2)8-9-15(14)18-3/h5-10H,1-4H3. The van der Waals surface area contributed by atoms with Gasteiger partial charge in [-0.05, 0) is 30.7 Å². The molecule has 3 nitrogen and oxygen atoms in total. The Kier molecular flexibility index (Phi) is 3.95. The van der Waals surface area contributed by atoms with E-state index in [4.69, 9.17) is 14.2 Å². The van der Waals surface area contributed by atoms with Gasteiger partial charge in [0.05, 0.1) is 21.3 Å². The lowest BCUT2D eigenvalue weighted by atomic mass is 10.0. The van der Waals surface area contributed by atoms with Crippen LogP contribution in [0.5, 0.6) is 17.2 Å². The first-order valence-electron chi connectivity index (χ1n) is 6.07. The fourth-order valence-electron chi connectivity index (χ4n) is 2.16. The number of ether oxygens (including phenoxy) is 3. The molecule has 0 saturated carbocycles. The predicted octanol–water partition coefficient (Wildman–Crippen LogP) is 3.69. The summed E-state index contributed by atoms with van der Waals surface area (Å²) in [5.41, 5.74) is 3.05. The van der Waals surface area contributed by atoms with Crippen molar-refractivity contribution in [2.45, 2.75) is 6.92 Å². The minimum Gasteiger partial charge on any atom is -0.497 e. The van der Waals surface area contributed by atoms with Gasteiger partial charge in [0.2, 0.25) is 0 Å². The van der Waals surface area contributed by atoms with E-state index in [9.17, 15) is 0 Å². The number of methoxy groups -OCH3 is 3. The second kappa shape index (κ2) is 5.65. The van der Waals surface area contributed by atoms with Crippen LogP contribution in [0.2, 0.25) is 0 Å². The number of rotatable bonds is 4. The maximum atomic E-state index is 5.51. The zero-order chi connectivity index (χ0) is 13.8. The average Bonchev–Trinajstić information content (AvgIpc) is 2.46. The third kappa shape index (κ3) is 2.50. The largest absolute Gasteiger partial charge is 0.497 e. The highest BCUT2D eigenvalue weighted by molar-refractivity contribution is 5.78. The van der Waals surface area contributed by atoms with Gasteiger partial charge in [-0.25, -0.2) is 0 Å². The molecule has 2 aromatic carbocycles. The number of benzene rings is 2. The van der Waals surface area contributed by atoms with Crippen LogP contribution in [0.25, 0.3) is 11.1 Å². The summed E-state index contributed by atoms with van der Waals surface area (Å²) in [6, 6.07) is 11.8. The summed E-state index contributed by atoms with van der Waals surface area (Å²) in [7, 11) is 4.99. The monoisotopic (exact) mass is 258 g/mol. The third-order valence-electron chi connectivity index (χ3n) is 3.11. The summed E-state index contributed by atoms with van der Waals surface area (Å²) in [5.74, 6) is 2.44. The predicted molar refractivity (Wildman–Crippen MR) is 76.3 cm³/mol. The Labute approximate surface area is 113 Å². The molecule has 0 bridgehead atoms. The maximum Gasteiger partial charge on any atom is 0.129 e. The molecule has 0 aliphatic heterocycles. The number of hydrogen-bond donors (Lipinski definition) is 0. The van der Waals surface area contributed by atoms with Crippen molar-refractivity contribution in [1.29, 1.82) is 0 Å². The lowest BCUT2D eigenvalue weighted by molar-refractivity contribution is 0.402. The molecular weight excluding hydrogens is 240 g/mol. The molecule has 0 aliphatic carbocycles. The minimum absolute atomic E-state index is 0.791. The van der Waals surface area contributed by atoms with Gasteiger partial charge in [0.1, 0.15) is 17.2 Å². The Morgan fingerprint density at radius 3 is 2.21 bits per heavy atom. The van der Waals surface area contributed by atoms with Crippen LogP contribution in [-0.4, -0.2) is 21.3 Å². The second-order valence-corrected chi connectivity index (χ2v) is 4.22. The molecule has 0 aliphatic rings. The molecule has 100 valence electrons. The van der Waals surface area contributed by atoms with Crippen molar-refractivity contribution < 1.29 is 14.2 Å². The number of aryl methyl sites for hydroxylation is 1. The molecule has 0 unspecified atom stereocenters. The molecule has 3 heteroatoms. The molecule has 2 aromatic rings. The van der Waals surface area contributed by atoms with Crippen LogP contribution in [-0.2, 0) is 0 Å². The van der Waals surface area contributed by atoms with Gasteiger partial charge in [-0.3, -0.25) is 0 Å². The van der Waals surface area contributed by atoms with Gasteiger partial charge >= 0.3 is 0 Å². The van der Waals surface area contributed by atoms with Gasteiger partial charge in [-0.1, -0.05) is 18.2 Å². The average molecular weight is 258 g/mol. The van der Waals surface area contributed by atoms with Gasteiger partial charge in [0.25, 0.3) is 0 Å². The molecule has 0 spiro atoms. The van der Waals surface area contributed by atoms with E-state index in [1.807, 2.05) is 43.3 Å². The van der Waals surface area contributed by atoms with Crippen molar-refractivity contribution in [3.63, 3.8) is 0 Å². The summed E-state index contributed by atoms with van der Waals surface area (Å²) >= 11 is 0. The van der Waals surface area contributed by atoms with E-state index >= 15 is 0 Å². The highest BCUT2D eigenvalue weighted by Gasteiger charge is 2.13. The fourth-order valence-corrected chi connectivity index (χ4v) is 2.16. The first kappa shape index (κ1) is 13.3. The quantitative estimate of drug-likeness (QED) is 0.837. The molecule has 0 radical (unpaired) electrons. The van der Waals surface area contributed by atoms with E-state index in [-0.39, 0.29) is 0 Å². The Morgan fingerprint density at radius 2 is 1.58 bits per heavy atom. The van der Waals surface area contributed by atoms with E-state index in [0.717, 1.165) is 33.9 Å². The smallest absolute Gasteiger partial charge is 0.129 e. The van der Waals surface area contributed by atoms with Crippen LogP contribution in [0.1, 0.15) is 5.56 Å². The second-order valence-electron chi connectivity index (χ2n) is 4.22. The highest BCUT2D eigenvalue weighted by atomic mass is 16.5. The topological polar surface area (TPSA) is 27.7 Å². The fraction of sp³-hybridized carbons (Fsp3) is 0.250. The van der Waals surface area contributed by atoms with Crippen molar-refractivity contribution >= 4 is 0 Å². The normalized spacial score (nSPS) is 10.1. The van der Waals surface area contributed by atoms with Gasteiger partial charge in [0, 0.05) is 11.1 Å². The molecular formula is C16H18O3. The molecule has 0 aromatic heterocycles. The number of para-hydroxylation sites is 1. The Morgan fingerprint density at radius 1 is 0.789 bits per heavy atom. The van der Waals surface area contributed by atoms with Crippen LogP contribution in [0.3, 0.4) is 0 Å². The van der Waals surface area contributed by atoms with E-state index in [1.54, 1.807) is 21.3 Å². The van der Waals surface area contributed by atoms with Crippen molar-refractivity contribution in [1.82, 2.24) is 0 Å². The van der Waals surface area contributed by atoms with E-state index < -0.39 is 0 Å². The first-order chi connectivity index (χ1) is 9.21. The third-order valence-corrected chi connectivity index (χ3v) is 3.11. The summed E-state index contributed by atoms with van der Waals surface area (Å²) in [4.78, 5) is 0. The molecule has 0 heterocycles. The van der Waals surface area contributed by atoms with Crippen LogP contribution in [0, 0.1) is 6.92 Å². The van der Waals surface area contributed by atoms with E-state index in [2.05, 4.69) is 0 Å². The Hall–Kier alpha value is -2.16. The van der Waals surface area contributed by atoms with Gasteiger partial charge in [-0.2, -0.15) is 0 Å². The zero-order valence-electron chi connectivity index (χ0n) is 11.7.